The van der Waals surface area contributed by atoms with Gasteiger partial charge in [-0.25, -0.2) is 0 Å². The van der Waals surface area contributed by atoms with E-state index < -0.39 is 12.2 Å². The molecule has 15 heavy (non-hydrogen) atoms. The summed E-state index contributed by atoms with van der Waals surface area (Å²) in [6.45, 7) is 4.24. The van der Waals surface area contributed by atoms with Gasteiger partial charge in [0.15, 0.2) is 0 Å². The van der Waals surface area contributed by atoms with Gasteiger partial charge in [0.1, 0.15) is 0 Å². The molecule has 0 spiro atoms. The number of hydrogen-bond acceptors (Lipinski definition) is 2. The molecule has 0 aromatic rings. The number of unbranched alkanes of at least 4 members (excludes halogenated alkanes) is 5. The van der Waals surface area contributed by atoms with Gasteiger partial charge in [0.2, 0.25) is 0 Å². The summed E-state index contributed by atoms with van der Waals surface area (Å²) < 4.78 is 0. The average Bonchev–Trinajstić information content (AvgIpc) is 2.23. The highest BCUT2D eigenvalue weighted by molar-refractivity contribution is 4.66. The maximum atomic E-state index is 9.60. The molecule has 0 bridgehead atoms. The number of aliphatic hydroxyl groups excluding tert-OH is 2. The second-order valence-electron chi connectivity index (χ2n) is 4.48. The van der Waals surface area contributed by atoms with Crippen molar-refractivity contribution >= 4 is 0 Å². The van der Waals surface area contributed by atoms with Crippen LogP contribution in [0, 0.1) is 0 Å². The summed E-state index contributed by atoms with van der Waals surface area (Å²) in [6, 6.07) is 0. The molecule has 0 radical (unpaired) electrons. The Morgan fingerprint density at radius 3 is 1.80 bits per heavy atom. The lowest BCUT2D eigenvalue weighted by Crippen LogP contribution is -2.25. The first-order valence-corrected chi connectivity index (χ1v) is 6.58. The maximum absolute atomic E-state index is 9.60. The molecule has 0 saturated carbocycles. The first-order chi connectivity index (χ1) is 7.22. The van der Waals surface area contributed by atoms with Crippen molar-refractivity contribution in [2.24, 2.45) is 0 Å². The van der Waals surface area contributed by atoms with Gasteiger partial charge in [-0.05, 0) is 12.8 Å². The van der Waals surface area contributed by atoms with Crippen molar-refractivity contribution in [2.45, 2.75) is 83.8 Å². The molecule has 0 aliphatic heterocycles. The Hall–Kier alpha value is -0.0800. The molecular formula is C13H28O2. The Morgan fingerprint density at radius 1 is 0.667 bits per heavy atom. The third-order valence-corrected chi connectivity index (χ3v) is 2.88. The van der Waals surface area contributed by atoms with Gasteiger partial charge in [-0.3, -0.25) is 0 Å². The molecule has 0 amide bonds. The lowest BCUT2D eigenvalue weighted by molar-refractivity contribution is 0.00817. The molecule has 2 heteroatoms. The first-order valence-electron chi connectivity index (χ1n) is 6.58. The van der Waals surface area contributed by atoms with E-state index in [1.54, 1.807) is 0 Å². The summed E-state index contributed by atoms with van der Waals surface area (Å²) in [5.41, 5.74) is 0. The quantitative estimate of drug-likeness (QED) is 0.550. The zero-order valence-corrected chi connectivity index (χ0v) is 10.4. The number of hydrogen-bond donors (Lipinski definition) is 2. The highest BCUT2D eigenvalue weighted by atomic mass is 16.3. The SMILES string of the molecule is CCCCCCCCC(O)C(O)CCC. The predicted octanol–water partition coefficient (Wildman–Crippen LogP) is 3.26. The van der Waals surface area contributed by atoms with E-state index in [9.17, 15) is 10.2 Å². The molecule has 0 heterocycles. The molecule has 2 N–H and O–H groups in total. The van der Waals surface area contributed by atoms with Gasteiger partial charge in [-0.1, -0.05) is 58.8 Å². The molecule has 0 aliphatic carbocycles. The van der Waals surface area contributed by atoms with Gasteiger partial charge in [0.25, 0.3) is 0 Å². The van der Waals surface area contributed by atoms with Crippen LogP contribution in [0.3, 0.4) is 0 Å². The minimum absolute atomic E-state index is 0.504. The van der Waals surface area contributed by atoms with Crippen molar-refractivity contribution in [1.82, 2.24) is 0 Å². The minimum atomic E-state index is -0.509. The molecule has 0 rings (SSSR count). The number of aliphatic hydroxyl groups is 2. The lowest BCUT2D eigenvalue weighted by atomic mass is 10.0. The summed E-state index contributed by atoms with van der Waals surface area (Å²) in [4.78, 5) is 0. The zero-order valence-electron chi connectivity index (χ0n) is 10.4. The van der Waals surface area contributed by atoms with Crippen LogP contribution in [0.15, 0.2) is 0 Å². The van der Waals surface area contributed by atoms with Gasteiger partial charge in [-0.15, -0.1) is 0 Å². The molecule has 0 aliphatic rings. The molecule has 2 atom stereocenters. The first kappa shape index (κ1) is 14.9. The van der Waals surface area contributed by atoms with Crippen LogP contribution in [0.25, 0.3) is 0 Å². The van der Waals surface area contributed by atoms with E-state index >= 15 is 0 Å². The zero-order chi connectivity index (χ0) is 11.5. The Bertz CT molecular complexity index is 126. The van der Waals surface area contributed by atoms with Gasteiger partial charge in [-0.2, -0.15) is 0 Å². The summed E-state index contributed by atoms with van der Waals surface area (Å²) >= 11 is 0. The van der Waals surface area contributed by atoms with E-state index in [0.717, 1.165) is 25.7 Å². The maximum Gasteiger partial charge on any atom is 0.0799 e. The summed E-state index contributed by atoms with van der Waals surface area (Å²) in [5.74, 6) is 0. The van der Waals surface area contributed by atoms with Gasteiger partial charge in [0.05, 0.1) is 12.2 Å². The van der Waals surface area contributed by atoms with Crippen molar-refractivity contribution in [1.29, 1.82) is 0 Å². The second-order valence-corrected chi connectivity index (χ2v) is 4.48. The van der Waals surface area contributed by atoms with Crippen LogP contribution in [0.2, 0.25) is 0 Å². The summed E-state index contributed by atoms with van der Waals surface area (Å²) in [6.07, 6.45) is 8.82. The van der Waals surface area contributed by atoms with Crippen LogP contribution in [0.1, 0.15) is 71.6 Å². The monoisotopic (exact) mass is 216 g/mol. The highest BCUT2D eigenvalue weighted by Gasteiger charge is 2.13. The van der Waals surface area contributed by atoms with Crippen LogP contribution >= 0.6 is 0 Å². The van der Waals surface area contributed by atoms with Gasteiger partial charge in [0, 0.05) is 0 Å². The summed E-state index contributed by atoms with van der Waals surface area (Å²) in [7, 11) is 0. The van der Waals surface area contributed by atoms with Gasteiger partial charge >= 0.3 is 0 Å². The minimum Gasteiger partial charge on any atom is -0.390 e. The summed E-state index contributed by atoms with van der Waals surface area (Å²) in [5, 5.41) is 19.1. The molecule has 0 aromatic heterocycles. The Kier molecular flexibility index (Phi) is 10.4. The molecule has 0 fully saturated rings. The van der Waals surface area contributed by atoms with Crippen molar-refractivity contribution in [2.75, 3.05) is 0 Å². The van der Waals surface area contributed by atoms with E-state index in [2.05, 4.69) is 6.92 Å². The fraction of sp³-hybridized carbons (Fsp3) is 1.00. The van der Waals surface area contributed by atoms with Crippen LogP contribution in [0.4, 0.5) is 0 Å². The Morgan fingerprint density at radius 2 is 1.20 bits per heavy atom. The normalized spacial score (nSPS) is 15.2. The molecule has 2 nitrogen and oxygen atoms in total. The topological polar surface area (TPSA) is 40.5 Å². The Labute approximate surface area is 94.7 Å². The van der Waals surface area contributed by atoms with E-state index in [1.165, 1.54) is 32.1 Å². The van der Waals surface area contributed by atoms with E-state index in [-0.39, 0.29) is 0 Å². The molecule has 0 aromatic carbocycles. The molecule has 92 valence electrons. The van der Waals surface area contributed by atoms with Crippen LogP contribution in [-0.2, 0) is 0 Å². The lowest BCUT2D eigenvalue weighted by Gasteiger charge is -2.16. The predicted molar refractivity (Wildman–Crippen MR) is 64.9 cm³/mol. The average molecular weight is 216 g/mol. The third-order valence-electron chi connectivity index (χ3n) is 2.88. The van der Waals surface area contributed by atoms with E-state index in [1.807, 2.05) is 6.92 Å². The van der Waals surface area contributed by atoms with Crippen LogP contribution in [-0.4, -0.2) is 22.4 Å². The van der Waals surface area contributed by atoms with E-state index in [0.29, 0.717) is 0 Å². The standard InChI is InChI=1S/C13H28O2/c1-3-5-6-7-8-9-11-13(15)12(14)10-4-2/h12-15H,3-11H2,1-2H3. The van der Waals surface area contributed by atoms with Crippen molar-refractivity contribution in [3.05, 3.63) is 0 Å². The van der Waals surface area contributed by atoms with Crippen molar-refractivity contribution in [3.8, 4) is 0 Å². The van der Waals surface area contributed by atoms with Gasteiger partial charge < -0.3 is 10.2 Å². The van der Waals surface area contributed by atoms with E-state index in [4.69, 9.17) is 0 Å². The second kappa shape index (κ2) is 10.4. The van der Waals surface area contributed by atoms with Crippen LogP contribution in [0.5, 0.6) is 0 Å². The molecule has 2 unspecified atom stereocenters. The highest BCUT2D eigenvalue weighted by Crippen LogP contribution is 2.12. The third kappa shape index (κ3) is 8.88. The van der Waals surface area contributed by atoms with Crippen LogP contribution < -0.4 is 0 Å². The molecule has 0 saturated heterocycles. The van der Waals surface area contributed by atoms with Crippen molar-refractivity contribution in [3.63, 3.8) is 0 Å². The molecular weight excluding hydrogens is 188 g/mol. The van der Waals surface area contributed by atoms with Crippen molar-refractivity contribution < 1.29 is 10.2 Å². The number of rotatable bonds is 10. The fourth-order valence-corrected chi connectivity index (χ4v) is 1.81. The largest absolute Gasteiger partial charge is 0.390 e. The Balaban J connectivity index is 3.26. The fourth-order valence-electron chi connectivity index (χ4n) is 1.81. The smallest absolute Gasteiger partial charge is 0.0799 e.